The molecule has 0 aliphatic carbocycles. The van der Waals surface area contributed by atoms with E-state index >= 15 is 0 Å². The first-order valence-corrected chi connectivity index (χ1v) is 9.92. The van der Waals surface area contributed by atoms with Crippen molar-refractivity contribution in [2.75, 3.05) is 5.32 Å². The molecule has 0 saturated heterocycles. The molecular formula is C24H24ClNO4. The Balaban J connectivity index is 1.53. The maximum Gasteiger partial charge on any atom is 0.347 e. The third kappa shape index (κ3) is 6.16. The van der Waals surface area contributed by atoms with E-state index in [9.17, 15) is 9.90 Å². The Bertz CT molecular complexity index is 985. The average Bonchev–Trinajstić information content (AvgIpc) is 2.72. The number of aliphatic carboxylic acids is 1. The molecule has 0 spiro atoms. The van der Waals surface area contributed by atoms with E-state index in [4.69, 9.17) is 21.1 Å². The lowest BCUT2D eigenvalue weighted by Crippen LogP contribution is -2.37. The van der Waals surface area contributed by atoms with E-state index in [2.05, 4.69) is 5.32 Å². The van der Waals surface area contributed by atoms with Crippen molar-refractivity contribution in [3.63, 3.8) is 0 Å². The molecule has 6 heteroatoms. The second-order valence-corrected chi connectivity index (χ2v) is 7.79. The summed E-state index contributed by atoms with van der Waals surface area (Å²) in [7, 11) is 0. The molecule has 0 heterocycles. The number of carboxylic acids is 1. The lowest BCUT2D eigenvalue weighted by Gasteiger charge is -2.22. The van der Waals surface area contributed by atoms with Gasteiger partial charge in [0.2, 0.25) is 0 Å². The van der Waals surface area contributed by atoms with Crippen LogP contribution in [-0.4, -0.2) is 16.7 Å². The van der Waals surface area contributed by atoms with Crippen LogP contribution in [0, 0.1) is 0 Å². The summed E-state index contributed by atoms with van der Waals surface area (Å²) < 4.78 is 11.4. The Labute approximate surface area is 181 Å². The number of hydrogen-bond donors (Lipinski definition) is 2. The van der Waals surface area contributed by atoms with Gasteiger partial charge in [-0.25, -0.2) is 4.79 Å². The van der Waals surface area contributed by atoms with E-state index in [-0.39, 0.29) is 0 Å². The SMILES string of the molecule is CC(C)(Oc1cccc(NCc2ccc(OCc3ccc(Cl)cc3)cc2)c1)C(=O)O. The molecule has 156 valence electrons. The van der Waals surface area contributed by atoms with Crippen LogP contribution in [0.2, 0.25) is 5.02 Å². The number of halogens is 1. The fraction of sp³-hybridized carbons (Fsp3) is 0.208. The lowest BCUT2D eigenvalue weighted by molar-refractivity contribution is -0.152. The number of carbonyl (C=O) groups is 1. The molecule has 0 aromatic heterocycles. The molecule has 0 unspecified atom stereocenters. The monoisotopic (exact) mass is 425 g/mol. The smallest absolute Gasteiger partial charge is 0.347 e. The number of hydrogen-bond acceptors (Lipinski definition) is 4. The maximum atomic E-state index is 11.2. The Morgan fingerprint density at radius 3 is 2.30 bits per heavy atom. The molecule has 3 aromatic carbocycles. The van der Waals surface area contributed by atoms with Crippen LogP contribution in [0.15, 0.2) is 72.8 Å². The van der Waals surface area contributed by atoms with Crippen LogP contribution >= 0.6 is 11.6 Å². The fourth-order valence-corrected chi connectivity index (χ4v) is 2.79. The van der Waals surface area contributed by atoms with E-state index in [1.165, 1.54) is 13.8 Å². The summed E-state index contributed by atoms with van der Waals surface area (Å²) in [6.07, 6.45) is 0. The topological polar surface area (TPSA) is 67.8 Å². The van der Waals surface area contributed by atoms with E-state index in [1.54, 1.807) is 12.1 Å². The zero-order valence-corrected chi connectivity index (χ0v) is 17.6. The van der Waals surface area contributed by atoms with Gasteiger partial charge in [0.05, 0.1) is 0 Å². The minimum absolute atomic E-state index is 0.480. The van der Waals surface area contributed by atoms with E-state index in [1.807, 2.05) is 60.7 Å². The summed E-state index contributed by atoms with van der Waals surface area (Å²) in [5.74, 6) is 0.276. The zero-order chi connectivity index (χ0) is 21.6. The molecule has 3 aromatic rings. The highest BCUT2D eigenvalue weighted by Crippen LogP contribution is 2.23. The van der Waals surface area contributed by atoms with Crippen LogP contribution in [0.25, 0.3) is 0 Å². The van der Waals surface area contributed by atoms with E-state index in [0.717, 1.165) is 22.6 Å². The van der Waals surface area contributed by atoms with E-state index in [0.29, 0.717) is 23.9 Å². The molecule has 0 atom stereocenters. The summed E-state index contributed by atoms with van der Waals surface area (Å²) in [5, 5.41) is 13.2. The standard InChI is InChI=1S/C24H24ClNO4/c1-24(2,23(27)28)30-22-5-3-4-20(14-22)26-15-17-8-12-21(13-9-17)29-16-18-6-10-19(25)11-7-18/h3-14,26H,15-16H2,1-2H3,(H,27,28). The Morgan fingerprint density at radius 1 is 0.967 bits per heavy atom. The van der Waals surface area contributed by atoms with Gasteiger partial charge in [-0.15, -0.1) is 0 Å². The molecule has 0 aliphatic rings. The highest BCUT2D eigenvalue weighted by molar-refractivity contribution is 6.30. The van der Waals surface area contributed by atoms with Crippen LogP contribution < -0.4 is 14.8 Å². The van der Waals surface area contributed by atoms with Crippen molar-refractivity contribution in [1.29, 1.82) is 0 Å². The quantitative estimate of drug-likeness (QED) is 0.455. The van der Waals surface area contributed by atoms with Crippen molar-refractivity contribution >= 4 is 23.3 Å². The second-order valence-electron chi connectivity index (χ2n) is 7.36. The summed E-state index contributed by atoms with van der Waals surface area (Å²) >= 11 is 5.89. The zero-order valence-electron chi connectivity index (χ0n) is 16.9. The number of anilines is 1. The molecule has 0 fully saturated rings. The summed E-state index contributed by atoms with van der Waals surface area (Å²) in [5.41, 5.74) is 1.70. The van der Waals surface area contributed by atoms with Gasteiger partial charge >= 0.3 is 5.97 Å². The normalized spacial score (nSPS) is 11.0. The van der Waals surface area contributed by atoms with Crippen molar-refractivity contribution in [3.8, 4) is 11.5 Å². The van der Waals surface area contributed by atoms with Gasteiger partial charge in [0, 0.05) is 23.3 Å². The molecule has 5 nitrogen and oxygen atoms in total. The number of nitrogens with one attached hydrogen (secondary N) is 1. The number of benzene rings is 3. The summed E-state index contributed by atoms with van der Waals surface area (Å²) in [6, 6.07) is 22.7. The number of ether oxygens (including phenoxy) is 2. The van der Waals surface area contributed by atoms with Gasteiger partial charge in [0.1, 0.15) is 18.1 Å². The van der Waals surface area contributed by atoms with Gasteiger partial charge in [-0.2, -0.15) is 0 Å². The van der Waals surface area contributed by atoms with Crippen molar-refractivity contribution in [2.24, 2.45) is 0 Å². The molecule has 0 radical (unpaired) electrons. The third-order valence-corrected chi connectivity index (χ3v) is 4.71. The van der Waals surface area contributed by atoms with Crippen LogP contribution in [0.4, 0.5) is 5.69 Å². The minimum Gasteiger partial charge on any atom is -0.489 e. The van der Waals surface area contributed by atoms with Crippen LogP contribution in [-0.2, 0) is 17.9 Å². The lowest BCUT2D eigenvalue weighted by atomic mass is 10.1. The Hall–Kier alpha value is -3.18. The highest BCUT2D eigenvalue weighted by atomic mass is 35.5. The van der Waals surface area contributed by atoms with Crippen molar-refractivity contribution < 1.29 is 19.4 Å². The first-order chi connectivity index (χ1) is 14.3. The molecule has 2 N–H and O–H groups in total. The van der Waals surface area contributed by atoms with Crippen LogP contribution in [0.1, 0.15) is 25.0 Å². The first-order valence-electron chi connectivity index (χ1n) is 9.54. The second kappa shape index (κ2) is 9.55. The first kappa shape index (κ1) is 21.5. The van der Waals surface area contributed by atoms with Crippen molar-refractivity contribution in [3.05, 3.63) is 88.9 Å². The fourth-order valence-electron chi connectivity index (χ4n) is 2.66. The Kier molecular flexibility index (Phi) is 6.85. The predicted molar refractivity (Wildman–Crippen MR) is 118 cm³/mol. The molecule has 0 saturated carbocycles. The molecule has 0 bridgehead atoms. The van der Waals surface area contributed by atoms with Crippen molar-refractivity contribution in [2.45, 2.75) is 32.6 Å². The van der Waals surface area contributed by atoms with Crippen molar-refractivity contribution in [1.82, 2.24) is 0 Å². The largest absolute Gasteiger partial charge is 0.489 e. The number of carboxylic acid groups (broad SMARTS) is 1. The minimum atomic E-state index is -1.29. The van der Waals surface area contributed by atoms with Gasteiger partial charge < -0.3 is 19.9 Å². The summed E-state index contributed by atoms with van der Waals surface area (Å²) in [6.45, 7) is 4.13. The molecular weight excluding hydrogens is 402 g/mol. The van der Waals surface area contributed by atoms with Crippen LogP contribution in [0.3, 0.4) is 0 Å². The van der Waals surface area contributed by atoms with Gasteiger partial charge in [0.15, 0.2) is 5.60 Å². The van der Waals surface area contributed by atoms with Gasteiger partial charge in [-0.05, 0) is 61.4 Å². The molecule has 0 amide bonds. The molecule has 3 rings (SSSR count). The van der Waals surface area contributed by atoms with E-state index < -0.39 is 11.6 Å². The summed E-state index contributed by atoms with van der Waals surface area (Å²) in [4.78, 5) is 11.2. The maximum absolute atomic E-state index is 11.2. The Morgan fingerprint density at radius 2 is 1.63 bits per heavy atom. The van der Waals surface area contributed by atoms with Gasteiger partial charge in [0.25, 0.3) is 0 Å². The molecule has 0 aliphatic heterocycles. The highest BCUT2D eigenvalue weighted by Gasteiger charge is 2.29. The van der Waals surface area contributed by atoms with Gasteiger partial charge in [-0.3, -0.25) is 0 Å². The number of rotatable bonds is 9. The molecule has 30 heavy (non-hydrogen) atoms. The van der Waals surface area contributed by atoms with Gasteiger partial charge in [-0.1, -0.05) is 41.9 Å². The van der Waals surface area contributed by atoms with Crippen LogP contribution in [0.5, 0.6) is 11.5 Å². The predicted octanol–water partition coefficient (Wildman–Crippen LogP) is 5.77. The average molecular weight is 426 g/mol. The third-order valence-electron chi connectivity index (χ3n) is 4.46.